The number of anilines is 1. The predicted octanol–water partition coefficient (Wildman–Crippen LogP) is 2.30. The van der Waals surface area contributed by atoms with E-state index in [0.29, 0.717) is 21.4 Å². The standard InChI is InChI=1S/C22H22Cl2N6O5/c23-12-1-2-15(24)13(7-12)18-10-29-20(35-18)11-28-17(8-19(31)27-6-4-25)21(32)30-16-3-5-26-9-14(16)22(33)34/h1-3,5,7,9-10,17,28H,4,6,8,11,25H2,(H,27,31)(H,33,34)(H,26,30,32). The summed E-state index contributed by atoms with van der Waals surface area (Å²) in [5, 5.41) is 18.3. The average Bonchev–Trinajstić information content (AvgIpc) is 3.30. The molecule has 0 saturated heterocycles. The highest BCUT2D eigenvalue weighted by atomic mass is 35.5. The summed E-state index contributed by atoms with van der Waals surface area (Å²) < 4.78 is 5.72. The number of halogens is 2. The molecule has 0 bridgehead atoms. The van der Waals surface area contributed by atoms with Crippen molar-refractivity contribution in [3.8, 4) is 11.3 Å². The van der Waals surface area contributed by atoms with Gasteiger partial charge >= 0.3 is 5.97 Å². The molecule has 1 atom stereocenters. The van der Waals surface area contributed by atoms with Gasteiger partial charge in [-0.25, -0.2) is 9.78 Å². The highest BCUT2D eigenvalue weighted by molar-refractivity contribution is 6.35. The molecule has 11 nitrogen and oxygen atoms in total. The molecule has 2 amide bonds. The second-order valence-corrected chi connectivity index (χ2v) is 8.08. The SMILES string of the molecule is NCCNC(=O)CC(NCc1ncc(-c2cc(Cl)ccc2Cl)o1)C(=O)Nc1ccncc1C(=O)O. The molecule has 3 rings (SSSR count). The van der Waals surface area contributed by atoms with E-state index in [1.165, 1.54) is 18.5 Å². The molecule has 1 unspecified atom stereocenters. The normalized spacial score (nSPS) is 11.6. The number of oxazole rings is 1. The van der Waals surface area contributed by atoms with Crippen LogP contribution in [0.5, 0.6) is 0 Å². The van der Waals surface area contributed by atoms with Crippen LogP contribution in [0.25, 0.3) is 11.3 Å². The van der Waals surface area contributed by atoms with Crippen LogP contribution in [0.4, 0.5) is 5.69 Å². The van der Waals surface area contributed by atoms with Crippen molar-refractivity contribution in [3.05, 3.63) is 64.4 Å². The number of carbonyl (C=O) groups is 3. The van der Waals surface area contributed by atoms with Gasteiger partial charge in [-0.05, 0) is 24.3 Å². The summed E-state index contributed by atoms with van der Waals surface area (Å²) in [5.41, 5.74) is 5.81. The lowest BCUT2D eigenvalue weighted by Crippen LogP contribution is -2.44. The third-order valence-corrected chi connectivity index (χ3v) is 5.29. The molecule has 0 aliphatic carbocycles. The number of hydrogen-bond donors (Lipinski definition) is 5. The Morgan fingerprint density at radius 2 is 1.97 bits per heavy atom. The fourth-order valence-corrected chi connectivity index (χ4v) is 3.42. The first-order chi connectivity index (χ1) is 16.8. The Bertz CT molecular complexity index is 1220. The first kappa shape index (κ1) is 26.1. The number of carboxylic acids is 1. The maximum absolute atomic E-state index is 13.0. The zero-order valence-corrected chi connectivity index (χ0v) is 19.8. The molecule has 3 aromatic rings. The Morgan fingerprint density at radius 1 is 1.17 bits per heavy atom. The molecule has 2 aromatic heterocycles. The van der Waals surface area contributed by atoms with Crippen molar-refractivity contribution in [1.82, 2.24) is 20.6 Å². The van der Waals surface area contributed by atoms with E-state index >= 15 is 0 Å². The monoisotopic (exact) mass is 520 g/mol. The van der Waals surface area contributed by atoms with Gasteiger partial charge in [-0.1, -0.05) is 23.2 Å². The maximum atomic E-state index is 13.0. The van der Waals surface area contributed by atoms with Gasteiger partial charge in [0, 0.05) is 36.1 Å². The number of pyridine rings is 1. The van der Waals surface area contributed by atoms with E-state index in [9.17, 15) is 19.5 Å². The van der Waals surface area contributed by atoms with Crippen molar-refractivity contribution in [2.24, 2.45) is 5.73 Å². The number of carbonyl (C=O) groups excluding carboxylic acids is 2. The largest absolute Gasteiger partial charge is 0.478 e. The van der Waals surface area contributed by atoms with Crippen molar-refractivity contribution in [3.63, 3.8) is 0 Å². The van der Waals surface area contributed by atoms with Gasteiger partial charge in [-0.15, -0.1) is 0 Å². The zero-order chi connectivity index (χ0) is 25.4. The van der Waals surface area contributed by atoms with E-state index in [1.807, 2.05) is 0 Å². The molecule has 0 aliphatic rings. The number of rotatable bonds is 11. The number of amides is 2. The number of nitrogens with one attached hydrogen (secondary N) is 3. The minimum Gasteiger partial charge on any atom is -0.478 e. The minimum absolute atomic E-state index is 0.0113. The van der Waals surface area contributed by atoms with Crippen LogP contribution in [-0.4, -0.2) is 52.0 Å². The highest BCUT2D eigenvalue weighted by Crippen LogP contribution is 2.31. The van der Waals surface area contributed by atoms with Gasteiger partial charge in [0.25, 0.3) is 0 Å². The predicted molar refractivity (Wildman–Crippen MR) is 129 cm³/mol. The van der Waals surface area contributed by atoms with E-state index in [1.54, 1.807) is 18.2 Å². The molecule has 13 heteroatoms. The number of benzene rings is 1. The molecule has 0 saturated carbocycles. The van der Waals surface area contributed by atoms with Gasteiger partial charge in [0.1, 0.15) is 5.56 Å². The van der Waals surface area contributed by atoms with Gasteiger partial charge in [0.2, 0.25) is 17.7 Å². The lowest BCUT2D eigenvalue weighted by Gasteiger charge is -2.18. The van der Waals surface area contributed by atoms with E-state index in [4.69, 9.17) is 33.4 Å². The van der Waals surface area contributed by atoms with Crippen LogP contribution in [0.3, 0.4) is 0 Å². The first-order valence-electron chi connectivity index (χ1n) is 10.4. The topological polar surface area (TPSA) is 172 Å². The Balaban J connectivity index is 1.74. The van der Waals surface area contributed by atoms with Crippen molar-refractivity contribution in [2.75, 3.05) is 18.4 Å². The van der Waals surface area contributed by atoms with Crippen molar-refractivity contribution in [1.29, 1.82) is 0 Å². The minimum atomic E-state index is -1.26. The van der Waals surface area contributed by atoms with Crippen LogP contribution in [0.15, 0.2) is 47.3 Å². The summed E-state index contributed by atoms with van der Waals surface area (Å²) in [6.07, 6.45) is 3.68. The Labute approximate surface area is 210 Å². The lowest BCUT2D eigenvalue weighted by atomic mass is 10.1. The van der Waals surface area contributed by atoms with Gasteiger partial charge in [0.15, 0.2) is 5.76 Å². The first-order valence-corrected chi connectivity index (χ1v) is 11.1. The van der Waals surface area contributed by atoms with Crippen LogP contribution < -0.4 is 21.7 Å². The molecule has 1 aromatic carbocycles. The van der Waals surface area contributed by atoms with Crippen molar-refractivity contribution >= 4 is 46.7 Å². The third-order valence-electron chi connectivity index (χ3n) is 4.73. The molecule has 0 fully saturated rings. The van der Waals surface area contributed by atoms with Crippen LogP contribution >= 0.6 is 23.2 Å². The Hall–Kier alpha value is -3.51. The molecule has 6 N–H and O–H groups in total. The van der Waals surface area contributed by atoms with E-state index < -0.39 is 23.8 Å². The van der Waals surface area contributed by atoms with Gasteiger partial charge in [-0.2, -0.15) is 0 Å². The average molecular weight is 521 g/mol. The number of hydrogen-bond acceptors (Lipinski definition) is 8. The maximum Gasteiger partial charge on any atom is 0.339 e. The fraction of sp³-hybridized carbons (Fsp3) is 0.227. The molecular formula is C22H22Cl2N6O5. The van der Waals surface area contributed by atoms with Gasteiger partial charge in [-0.3, -0.25) is 19.9 Å². The molecule has 0 radical (unpaired) electrons. The van der Waals surface area contributed by atoms with Crippen LogP contribution in [0, 0.1) is 0 Å². The highest BCUT2D eigenvalue weighted by Gasteiger charge is 2.24. The summed E-state index contributed by atoms with van der Waals surface area (Å²) in [5.74, 6) is -1.71. The second kappa shape index (κ2) is 12.3. The lowest BCUT2D eigenvalue weighted by molar-refractivity contribution is -0.125. The summed E-state index contributed by atoms with van der Waals surface area (Å²) in [4.78, 5) is 44.6. The number of carboxylic acid groups (broad SMARTS) is 1. The summed E-state index contributed by atoms with van der Waals surface area (Å²) in [7, 11) is 0. The molecule has 2 heterocycles. The van der Waals surface area contributed by atoms with Gasteiger partial charge in [0.05, 0.1) is 35.9 Å². The summed E-state index contributed by atoms with van der Waals surface area (Å²) in [6.45, 7) is 0.465. The molecule has 0 aliphatic heterocycles. The number of nitrogens with zero attached hydrogens (tertiary/aromatic N) is 2. The Morgan fingerprint density at radius 3 is 2.71 bits per heavy atom. The zero-order valence-electron chi connectivity index (χ0n) is 18.3. The number of aromatic nitrogens is 2. The molecule has 184 valence electrons. The van der Waals surface area contributed by atoms with Crippen LogP contribution in [0.1, 0.15) is 22.7 Å². The van der Waals surface area contributed by atoms with Gasteiger partial charge < -0.3 is 25.9 Å². The summed E-state index contributed by atoms with van der Waals surface area (Å²) >= 11 is 12.2. The smallest absolute Gasteiger partial charge is 0.339 e. The molecular weight excluding hydrogens is 499 g/mol. The third kappa shape index (κ3) is 7.23. The van der Waals surface area contributed by atoms with E-state index in [0.717, 1.165) is 6.20 Å². The Kier molecular flexibility index (Phi) is 9.15. The quantitative estimate of drug-likeness (QED) is 0.254. The van der Waals surface area contributed by atoms with Crippen molar-refractivity contribution < 1.29 is 23.9 Å². The van der Waals surface area contributed by atoms with Crippen molar-refractivity contribution in [2.45, 2.75) is 19.0 Å². The number of nitrogens with two attached hydrogens (primary N) is 1. The molecule has 35 heavy (non-hydrogen) atoms. The second-order valence-electron chi connectivity index (χ2n) is 7.23. The fourth-order valence-electron chi connectivity index (χ4n) is 3.03. The van der Waals surface area contributed by atoms with Crippen LogP contribution in [0.2, 0.25) is 10.0 Å². The molecule has 0 spiro atoms. The van der Waals surface area contributed by atoms with Crippen LogP contribution in [-0.2, 0) is 16.1 Å². The van der Waals surface area contributed by atoms with E-state index in [-0.39, 0.29) is 43.2 Å². The summed E-state index contributed by atoms with van der Waals surface area (Å²) in [6, 6.07) is 5.21. The number of aromatic carboxylic acids is 1. The van der Waals surface area contributed by atoms with E-state index in [2.05, 4.69) is 25.9 Å².